The molecule has 0 radical (unpaired) electrons. The molecule has 0 saturated carbocycles. The predicted molar refractivity (Wildman–Crippen MR) is 49.5 cm³/mol. The van der Waals surface area contributed by atoms with Gasteiger partial charge in [-0.2, -0.15) is 26.3 Å². The van der Waals surface area contributed by atoms with E-state index in [1.54, 1.807) is 0 Å². The fourth-order valence-electron chi connectivity index (χ4n) is 1.00. The number of para-hydroxylation sites is 1. The Labute approximate surface area is 93.7 Å². The van der Waals surface area contributed by atoms with Gasteiger partial charge < -0.3 is 5.11 Å². The average molecular weight is 260 g/mol. The molecule has 0 bridgehead atoms. The highest BCUT2D eigenvalue weighted by atomic mass is 19.4. The minimum Gasteiger partial charge on any atom is -0.507 e. The van der Waals surface area contributed by atoms with E-state index >= 15 is 0 Å². The zero-order chi connectivity index (χ0) is 13.9. The van der Waals surface area contributed by atoms with Crippen molar-refractivity contribution in [3.8, 4) is 5.75 Å². The molecule has 17 heavy (non-hydrogen) atoms. The number of phenolic OH excluding ortho intramolecular Hbond substituents is 1. The van der Waals surface area contributed by atoms with Crippen molar-refractivity contribution >= 4 is 0 Å². The molecule has 0 fully saturated rings. The molecule has 1 nitrogen and oxygen atoms in total. The van der Waals surface area contributed by atoms with Crippen LogP contribution in [0.2, 0.25) is 0 Å². The molecule has 1 aromatic carbocycles. The van der Waals surface area contributed by atoms with Crippen molar-refractivity contribution in [2.75, 3.05) is 0 Å². The number of halogens is 6. The molecule has 7 heteroatoms. The Balaban J connectivity index is 0.00000121. The maximum Gasteiger partial charge on any atom is 0.419 e. The third-order valence-corrected chi connectivity index (χ3v) is 1.65. The highest BCUT2D eigenvalue weighted by Gasteiger charge is 2.40. The molecule has 0 aliphatic rings. The van der Waals surface area contributed by atoms with Crippen LogP contribution in [0.4, 0.5) is 26.3 Å². The van der Waals surface area contributed by atoms with Gasteiger partial charge in [0, 0.05) is 0 Å². The molecule has 0 saturated heterocycles. The van der Waals surface area contributed by atoms with Crippen LogP contribution in [0, 0.1) is 0 Å². The van der Waals surface area contributed by atoms with E-state index in [2.05, 4.69) is 0 Å². The number of phenols is 1. The molecule has 0 aromatic heterocycles. The number of alkyl halides is 6. The molecule has 1 N–H and O–H groups in total. The van der Waals surface area contributed by atoms with Crippen LogP contribution >= 0.6 is 0 Å². The average Bonchev–Trinajstić information content (AvgIpc) is 2.17. The Bertz CT molecular complexity index is 334. The Morgan fingerprint density at radius 2 is 1.12 bits per heavy atom. The van der Waals surface area contributed by atoms with Crippen molar-refractivity contribution in [1.29, 1.82) is 0 Å². The van der Waals surface area contributed by atoms with Crippen LogP contribution in [-0.2, 0) is 12.4 Å². The fraction of sp³-hybridized carbons (Fsp3) is 0.400. The molecule has 0 spiro atoms. The number of rotatable bonds is 0. The molecule has 0 unspecified atom stereocenters. The van der Waals surface area contributed by atoms with Crippen molar-refractivity contribution in [2.45, 2.75) is 26.2 Å². The summed E-state index contributed by atoms with van der Waals surface area (Å²) >= 11 is 0. The molecule has 0 aliphatic heterocycles. The summed E-state index contributed by atoms with van der Waals surface area (Å²) in [6.45, 7) is 4.00. The van der Waals surface area contributed by atoms with E-state index in [1.807, 2.05) is 13.8 Å². The van der Waals surface area contributed by atoms with Gasteiger partial charge in [0.15, 0.2) is 0 Å². The van der Waals surface area contributed by atoms with E-state index in [9.17, 15) is 26.3 Å². The van der Waals surface area contributed by atoms with Crippen molar-refractivity contribution in [3.63, 3.8) is 0 Å². The minimum absolute atomic E-state index is 0.380. The maximum atomic E-state index is 12.1. The maximum absolute atomic E-state index is 12.1. The Morgan fingerprint density at radius 3 is 1.35 bits per heavy atom. The van der Waals surface area contributed by atoms with Crippen molar-refractivity contribution in [2.24, 2.45) is 0 Å². The number of aromatic hydroxyl groups is 1. The van der Waals surface area contributed by atoms with Crippen LogP contribution in [-0.4, -0.2) is 5.11 Å². The first-order valence-corrected chi connectivity index (χ1v) is 4.60. The van der Waals surface area contributed by atoms with E-state index in [4.69, 9.17) is 5.11 Å². The second-order valence-electron chi connectivity index (χ2n) is 2.70. The van der Waals surface area contributed by atoms with Gasteiger partial charge in [0.05, 0.1) is 11.1 Å². The summed E-state index contributed by atoms with van der Waals surface area (Å²) in [5.74, 6) is -1.79. The van der Waals surface area contributed by atoms with Crippen molar-refractivity contribution in [3.05, 3.63) is 29.3 Å². The molecule has 1 aromatic rings. The lowest BCUT2D eigenvalue weighted by atomic mass is 10.1. The van der Waals surface area contributed by atoms with E-state index < -0.39 is 29.2 Å². The summed E-state index contributed by atoms with van der Waals surface area (Å²) in [4.78, 5) is 0. The second-order valence-corrected chi connectivity index (χ2v) is 2.70. The Hall–Kier alpha value is -1.40. The first-order valence-electron chi connectivity index (χ1n) is 4.60. The van der Waals surface area contributed by atoms with Gasteiger partial charge in [-0.05, 0) is 12.1 Å². The van der Waals surface area contributed by atoms with E-state index in [0.29, 0.717) is 18.2 Å². The largest absolute Gasteiger partial charge is 0.507 e. The lowest BCUT2D eigenvalue weighted by Gasteiger charge is -2.13. The lowest BCUT2D eigenvalue weighted by Crippen LogP contribution is -2.11. The summed E-state index contributed by atoms with van der Waals surface area (Å²) in [5.41, 5.74) is -3.39. The Morgan fingerprint density at radius 1 is 0.824 bits per heavy atom. The van der Waals surface area contributed by atoms with Gasteiger partial charge in [-0.1, -0.05) is 19.9 Å². The standard InChI is InChI=1S/C8H4F6O.C2H6/c9-7(10,11)4-2-1-3-5(6(4)15)8(12,13)14;1-2/h1-3,15H;1-2H3. The quantitative estimate of drug-likeness (QED) is 0.683. The highest BCUT2D eigenvalue weighted by Crippen LogP contribution is 2.42. The number of hydrogen-bond acceptors (Lipinski definition) is 1. The zero-order valence-corrected chi connectivity index (χ0v) is 8.95. The van der Waals surface area contributed by atoms with Crippen molar-refractivity contribution < 1.29 is 31.4 Å². The first-order chi connectivity index (χ1) is 7.64. The fourth-order valence-corrected chi connectivity index (χ4v) is 1.00. The summed E-state index contributed by atoms with van der Waals surface area (Å²) in [6.07, 6.45) is -10.0. The lowest BCUT2D eigenvalue weighted by molar-refractivity contribution is -0.145. The van der Waals surface area contributed by atoms with Gasteiger partial charge in [0.2, 0.25) is 0 Å². The molecule has 1 rings (SSSR count). The van der Waals surface area contributed by atoms with Gasteiger partial charge in [-0.3, -0.25) is 0 Å². The summed E-state index contributed by atoms with van der Waals surface area (Å²) < 4.78 is 72.5. The smallest absolute Gasteiger partial charge is 0.419 e. The monoisotopic (exact) mass is 260 g/mol. The van der Waals surface area contributed by atoms with Gasteiger partial charge in [0.1, 0.15) is 5.75 Å². The van der Waals surface area contributed by atoms with Gasteiger partial charge in [-0.15, -0.1) is 0 Å². The second kappa shape index (κ2) is 5.29. The summed E-state index contributed by atoms with van der Waals surface area (Å²) in [5, 5.41) is 8.82. The van der Waals surface area contributed by atoms with Crippen LogP contribution in [0.5, 0.6) is 5.75 Å². The normalized spacial score (nSPS) is 11.8. The molecule has 0 aliphatic carbocycles. The third-order valence-electron chi connectivity index (χ3n) is 1.65. The van der Waals surface area contributed by atoms with Crippen LogP contribution < -0.4 is 0 Å². The van der Waals surface area contributed by atoms with Crippen LogP contribution in [0.15, 0.2) is 18.2 Å². The SMILES string of the molecule is CC.Oc1c(C(F)(F)F)cccc1C(F)(F)F. The number of hydrogen-bond donors (Lipinski definition) is 1. The topological polar surface area (TPSA) is 20.2 Å². The molecule has 0 amide bonds. The van der Waals surface area contributed by atoms with E-state index in [0.717, 1.165) is 0 Å². The molecular weight excluding hydrogens is 250 g/mol. The van der Waals surface area contributed by atoms with E-state index in [-0.39, 0.29) is 0 Å². The Kier molecular flexibility index (Phi) is 4.85. The first kappa shape index (κ1) is 15.6. The van der Waals surface area contributed by atoms with Crippen LogP contribution in [0.1, 0.15) is 25.0 Å². The van der Waals surface area contributed by atoms with Crippen molar-refractivity contribution in [1.82, 2.24) is 0 Å². The zero-order valence-electron chi connectivity index (χ0n) is 8.95. The van der Waals surface area contributed by atoms with Gasteiger partial charge >= 0.3 is 12.4 Å². The van der Waals surface area contributed by atoms with Crippen LogP contribution in [0.25, 0.3) is 0 Å². The molecular formula is C10H10F6O. The van der Waals surface area contributed by atoms with Crippen LogP contribution in [0.3, 0.4) is 0 Å². The predicted octanol–water partition coefficient (Wildman–Crippen LogP) is 4.46. The van der Waals surface area contributed by atoms with E-state index in [1.165, 1.54) is 0 Å². The molecule has 0 heterocycles. The third kappa shape index (κ3) is 3.83. The van der Waals surface area contributed by atoms with Gasteiger partial charge in [-0.25, -0.2) is 0 Å². The minimum atomic E-state index is -5.01. The summed E-state index contributed by atoms with van der Waals surface area (Å²) in [6, 6.07) is 1.35. The number of benzene rings is 1. The summed E-state index contributed by atoms with van der Waals surface area (Å²) in [7, 11) is 0. The van der Waals surface area contributed by atoms with Gasteiger partial charge in [0.25, 0.3) is 0 Å². The molecule has 0 atom stereocenters. The molecule has 98 valence electrons. The highest BCUT2D eigenvalue weighted by molar-refractivity contribution is 5.43.